The molecule has 8 heteroatoms. The molecule has 2 aromatic carbocycles. The van der Waals surface area contributed by atoms with E-state index in [1.807, 2.05) is 49.1 Å². The van der Waals surface area contributed by atoms with E-state index >= 15 is 0 Å². The summed E-state index contributed by atoms with van der Waals surface area (Å²) in [5.41, 5.74) is 0.456. The zero-order chi connectivity index (χ0) is 25.0. The summed E-state index contributed by atoms with van der Waals surface area (Å²) in [4.78, 5) is 43.1. The predicted molar refractivity (Wildman–Crippen MR) is 131 cm³/mol. The Morgan fingerprint density at radius 2 is 1.80 bits per heavy atom. The van der Waals surface area contributed by atoms with E-state index in [0.717, 1.165) is 5.56 Å². The number of nitrogens with zero attached hydrogens (tertiary/aromatic N) is 2. The van der Waals surface area contributed by atoms with Gasteiger partial charge in [0, 0.05) is 37.5 Å². The van der Waals surface area contributed by atoms with Gasteiger partial charge in [0.05, 0.1) is 20.1 Å². The summed E-state index contributed by atoms with van der Waals surface area (Å²) in [5.74, 6) is 0.0865. The maximum atomic E-state index is 13.8. The van der Waals surface area contributed by atoms with Gasteiger partial charge in [0.15, 0.2) is 0 Å². The Morgan fingerprint density at radius 3 is 2.46 bits per heavy atom. The van der Waals surface area contributed by atoms with Gasteiger partial charge < -0.3 is 19.7 Å². The molecule has 0 aliphatic carbocycles. The minimum absolute atomic E-state index is 0.0452. The van der Waals surface area contributed by atoms with Gasteiger partial charge in [-0.15, -0.1) is 0 Å². The second kappa shape index (κ2) is 10.5. The largest absolute Gasteiger partial charge is 0.497 e. The van der Waals surface area contributed by atoms with Crippen molar-refractivity contribution in [1.82, 2.24) is 15.1 Å². The fourth-order valence-electron chi connectivity index (χ4n) is 4.83. The van der Waals surface area contributed by atoms with E-state index in [1.54, 1.807) is 36.3 Å². The number of carbonyl (C=O) groups is 3. The lowest BCUT2D eigenvalue weighted by atomic mass is 9.96. The van der Waals surface area contributed by atoms with Crippen LogP contribution in [0.4, 0.5) is 0 Å². The van der Waals surface area contributed by atoms with Crippen molar-refractivity contribution >= 4 is 17.7 Å². The van der Waals surface area contributed by atoms with Crippen LogP contribution in [0.5, 0.6) is 5.75 Å². The first kappa shape index (κ1) is 24.7. The zero-order valence-electron chi connectivity index (χ0n) is 20.5. The van der Waals surface area contributed by atoms with Crippen LogP contribution in [0.1, 0.15) is 42.6 Å². The molecule has 1 spiro atoms. The van der Waals surface area contributed by atoms with E-state index in [4.69, 9.17) is 9.47 Å². The Labute approximate surface area is 206 Å². The molecule has 2 saturated heterocycles. The van der Waals surface area contributed by atoms with Crippen molar-refractivity contribution in [3.05, 3.63) is 65.7 Å². The van der Waals surface area contributed by atoms with E-state index < -0.39 is 11.8 Å². The van der Waals surface area contributed by atoms with Crippen LogP contribution in [0.25, 0.3) is 0 Å². The smallest absolute Gasteiger partial charge is 0.257 e. The fourth-order valence-corrected chi connectivity index (χ4v) is 4.83. The molecule has 2 aromatic rings. The lowest BCUT2D eigenvalue weighted by molar-refractivity contribution is -0.143. The van der Waals surface area contributed by atoms with Crippen LogP contribution in [0.2, 0.25) is 0 Å². The molecule has 1 atom stereocenters. The molecular formula is C27H33N3O5. The van der Waals surface area contributed by atoms with Crippen molar-refractivity contribution < 1.29 is 23.9 Å². The number of carbonyl (C=O) groups excluding carboxylic acids is 3. The highest BCUT2D eigenvalue weighted by Crippen LogP contribution is 2.39. The van der Waals surface area contributed by atoms with Gasteiger partial charge in [-0.1, -0.05) is 36.4 Å². The molecule has 2 aliphatic rings. The molecule has 186 valence electrons. The molecule has 2 heterocycles. The SMILES string of the molecule is COc1cccc(C(=O)N2C(C(=O)NC(C)C)COC23CCN(C(=O)Cc2ccccc2)CC3)c1. The Balaban J connectivity index is 1.55. The maximum absolute atomic E-state index is 13.8. The molecule has 1 unspecified atom stereocenters. The van der Waals surface area contributed by atoms with Crippen LogP contribution in [0.15, 0.2) is 54.6 Å². The predicted octanol–water partition coefficient (Wildman–Crippen LogP) is 2.62. The van der Waals surface area contributed by atoms with Gasteiger partial charge in [-0.3, -0.25) is 19.3 Å². The second-order valence-electron chi connectivity index (χ2n) is 9.39. The number of likely N-dealkylation sites (tertiary alicyclic amines) is 1. The summed E-state index contributed by atoms with van der Waals surface area (Å²) in [5, 5.41) is 2.92. The topological polar surface area (TPSA) is 88.2 Å². The van der Waals surface area contributed by atoms with Gasteiger partial charge >= 0.3 is 0 Å². The molecular weight excluding hydrogens is 446 g/mol. The Kier molecular flexibility index (Phi) is 7.40. The fraction of sp³-hybridized carbons (Fsp3) is 0.444. The van der Waals surface area contributed by atoms with Gasteiger partial charge in [0.1, 0.15) is 17.5 Å². The summed E-state index contributed by atoms with van der Waals surface area (Å²) in [7, 11) is 1.55. The van der Waals surface area contributed by atoms with Crippen LogP contribution in [0, 0.1) is 0 Å². The summed E-state index contributed by atoms with van der Waals surface area (Å²) in [6, 6.07) is 15.7. The zero-order valence-corrected chi connectivity index (χ0v) is 20.5. The number of piperidine rings is 1. The third-order valence-corrected chi connectivity index (χ3v) is 6.63. The number of rotatable bonds is 6. The van der Waals surface area contributed by atoms with Gasteiger partial charge in [-0.2, -0.15) is 0 Å². The highest BCUT2D eigenvalue weighted by atomic mass is 16.5. The molecule has 0 saturated carbocycles. The standard InChI is InChI=1S/C27H33N3O5/c1-19(2)28-25(32)23-18-35-27(30(23)26(33)21-10-7-11-22(17-21)34-3)12-14-29(15-13-27)24(31)16-20-8-5-4-6-9-20/h4-11,17,19,23H,12-16,18H2,1-3H3,(H,28,32). The number of nitrogens with one attached hydrogen (secondary N) is 1. The number of hydrogen-bond donors (Lipinski definition) is 1. The lowest BCUT2D eigenvalue weighted by Gasteiger charge is -2.44. The normalized spacial score (nSPS) is 19.1. The molecule has 0 bridgehead atoms. The Morgan fingerprint density at radius 1 is 1.09 bits per heavy atom. The van der Waals surface area contributed by atoms with Crippen LogP contribution in [-0.4, -0.2) is 72.1 Å². The van der Waals surface area contributed by atoms with Crippen molar-refractivity contribution in [3.63, 3.8) is 0 Å². The molecule has 0 aromatic heterocycles. The Bertz CT molecular complexity index is 1060. The molecule has 35 heavy (non-hydrogen) atoms. The first-order valence-electron chi connectivity index (χ1n) is 12.1. The molecule has 8 nitrogen and oxygen atoms in total. The quantitative estimate of drug-likeness (QED) is 0.688. The van der Waals surface area contributed by atoms with Crippen molar-refractivity contribution in [3.8, 4) is 5.75 Å². The lowest BCUT2D eigenvalue weighted by Crippen LogP contribution is -2.60. The third kappa shape index (κ3) is 5.32. The third-order valence-electron chi connectivity index (χ3n) is 6.63. The average molecular weight is 480 g/mol. The summed E-state index contributed by atoms with van der Waals surface area (Å²) < 4.78 is 11.5. The highest BCUT2D eigenvalue weighted by Gasteiger charge is 2.54. The van der Waals surface area contributed by atoms with Crippen LogP contribution < -0.4 is 10.1 Å². The van der Waals surface area contributed by atoms with Gasteiger partial charge in [-0.25, -0.2) is 0 Å². The molecule has 2 aliphatic heterocycles. The van der Waals surface area contributed by atoms with E-state index in [9.17, 15) is 14.4 Å². The average Bonchev–Trinajstić information content (AvgIpc) is 3.22. The van der Waals surface area contributed by atoms with Crippen molar-refractivity contribution in [2.24, 2.45) is 0 Å². The number of amides is 3. The second-order valence-corrected chi connectivity index (χ2v) is 9.39. The monoisotopic (exact) mass is 479 g/mol. The number of benzene rings is 2. The minimum Gasteiger partial charge on any atom is -0.497 e. The molecule has 3 amide bonds. The summed E-state index contributed by atoms with van der Waals surface area (Å²) >= 11 is 0. The summed E-state index contributed by atoms with van der Waals surface area (Å²) in [6.07, 6.45) is 1.21. The molecule has 1 N–H and O–H groups in total. The summed E-state index contributed by atoms with van der Waals surface area (Å²) in [6.45, 7) is 4.79. The van der Waals surface area contributed by atoms with Gasteiger partial charge in [0.25, 0.3) is 5.91 Å². The molecule has 0 radical (unpaired) electrons. The van der Waals surface area contributed by atoms with Crippen molar-refractivity contribution in [2.45, 2.75) is 50.9 Å². The van der Waals surface area contributed by atoms with Crippen LogP contribution in [-0.2, 0) is 20.7 Å². The first-order chi connectivity index (χ1) is 16.8. The van der Waals surface area contributed by atoms with Crippen LogP contribution >= 0.6 is 0 Å². The number of methoxy groups -OCH3 is 1. The highest BCUT2D eigenvalue weighted by molar-refractivity contribution is 5.98. The van der Waals surface area contributed by atoms with E-state index in [1.165, 1.54) is 0 Å². The molecule has 4 rings (SSSR count). The maximum Gasteiger partial charge on any atom is 0.257 e. The van der Waals surface area contributed by atoms with E-state index in [-0.39, 0.29) is 30.4 Å². The van der Waals surface area contributed by atoms with E-state index in [0.29, 0.717) is 43.7 Å². The van der Waals surface area contributed by atoms with Crippen molar-refractivity contribution in [1.29, 1.82) is 0 Å². The minimum atomic E-state index is -0.942. The number of hydrogen-bond acceptors (Lipinski definition) is 5. The Hall–Kier alpha value is -3.39. The van der Waals surface area contributed by atoms with Crippen molar-refractivity contribution in [2.75, 3.05) is 26.8 Å². The molecule has 2 fully saturated rings. The number of ether oxygens (including phenoxy) is 2. The van der Waals surface area contributed by atoms with Gasteiger partial charge in [-0.05, 0) is 37.6 Å². The first-order valence-corrected chi connectivity index (χ1v) is 12.1. The van der Waals surface area contributed by atoms with E-state index in [2.05, 4.69) is 5.32 Å². The van der Waals surface area contributed by atoms with Gasteiger partial charge in [0.2, 0.25) is 11.8 Å². The van der Waals surface area contributed by atoms with Crippen LogP contribution in [0.3, 0.4) is 0 Å².